The van der Waals surface area contributed by atoms with Gasteiger partial charge in [-0.25, -0.2) is 4.39 Å². The third-order valence-corrected chi connectivity index (χ3v) is 3.24. The second kappa shape index (κ2) is 5.52. The van der Waals surface area contributed by atoms with Gasteiger partial charge in [-0.15, -0.1) is 0 Å². The van der Waals surface area contributed by atoms with Gasteiger partial charge in [0.05, 0.1) is 9.50 Å². The van der Waals surface area contributed by atoms with E-state index in [9.17, 15) is 4.39 Å². The zero-order valence-electron chi connectivity index (χ0n) is 8.79. The first-order valence-electron chi connectivity index (χ1n) is 4.98. The number of hydrogen-bond acceptors (Lipinski definition) is 1. The van der Waals surface area contributed by atoms with Gasteiger partial charge >= 0.3 is 0 Å². The van der Waals surface area contributed by atoms with Crippen molar-refractivity contribution in [1.29, 1.82) is 0 Å². The van der Waals surface area contributed by atoms with E-state index in [4.69, 9.17) is 16.3 Å². The number of halogens is 3. The number of para-hydroxylation sites is 1. The molecule has 0 aliphatic rings. The first-order chi connectivity index (χ1) is 8.16. The average Bonchev–Trinajstić information content (AvgIpc) is 2.30. The van der Waals surface area contributed by atoms with E-state index in [2.05, 4.69) is 15.9 Å². The first-order valence-corrected chi connectivity index (χ1v) is 6.15. The minimum atomic E-state index is -0.348. The summed E-state index contributed by atoms with van der Waals surface area (Å²) < 4.78 is 19.3. The van der Waals surface area contributed by atoms with Crippen molar-refractivity contribution >= 4 is 27.5 Å². The summed E-state index contributed by atoms with van der Waals surface area (Å²) in [5.41, 5.74) is 0.754. The van der Waals surface area contributed by atoms with Gasteiger partial charge in [-0.2, -0.15) is 0 Å². The third kappa shape index (κ3) is 3.20. The van der Waals surface area contributed by atoms with Crippen molar-refractivity contribution in [2.24, 2.45) is 0 Å². The Balaban J connectivity index is 2.10. The maximum absolute atomic E-state index is 12.8. The molecule has 0 aromatic heterocycles. The summed E-state index contributed by atoms with van der Waals surface area (Å²) in [7, 11) is 0. The van der Waals surface area contributed by atoms with Crippen LogP contribution in [0, 0.1) is 5.82 Å². The molecule has 0 amide bonds. The van der Waals surface area contributed by atoms with Crippen LogP contribution in [-0.4, -0.2) is 0 Å². The summed E-state index contributed by atoms with van der Waals surface area (Å²) in [4.78, 5) is 0. The van der Waals surface area contributed by atoms with E-state index in [1.165, 1.54) is 12.1 Å². The predicted octanol–water partition coefficient (Wildman–Crippen LogP) is 4.82. The lowest BCUT2D eigenvalue weighted by molar-refractivity contribution is 0.304. The monoisotopic (exact) mass is 314 g/mol. The van der Waals surface area contributed by atoms with E-state index in [0.717, 1.165) is 15.8 Å². The van der Waals surface area contributed by atoms with Crippen LogP contribution in [-0.2, 0) is 6.61 Å². The van der Waals surface area contributed by atoms with E-state index in [1.807, 2.05) is 24.3 Å². The molecule has 0 aliphatic heterocycles. The Morgan fingerprint density at radius 1 is 1.18 bits per heavy atom. The molecule has 0 unspecified atom stereocenters. The highest BCUT2D eigenvalue weighted by Gasteiger charge is 2.04. The average molecular weight is 316 g/mol. The summed E-state index contributed by atoms with van der Waals surface area (Å²) in [5, 5.41) is 0.372. The van der Waals surface area contributed by atoms with Crippen LogP contribution in [0.1, 0.15) is 5.56 Å². The second-order valence-electron chi connectivity index (χ2n) is 3.45. The number of hydrogen-bond donors (Lipinski definition) is 0. The molecule has 1 nitrogen and oxygen atoms in total. The molecule has 0 aliphatic carbocycles. The van der Waals surface area contributed by atoms with Gasteiger partial charge in [0.1, 0.15) is 18.2 Å². The second-order valence-corrected chi connectivity index (χ2v) is 4.72. The molecule has 0 saturated heterocycles. The van der Waals surface area contributed by atoms with Crippen molar-refractivity contribution in [3.63, 3.8) is 0 Å². The summed E-state index contributed by atoms with van der Waals surface area (Å²) in [6, 6.07) is 11.8. The quantitative estimate of drug-likeness (QED) is 0.789. The zero-order chi connectivity index (χ0) is 12.3. The van der Waals surface area contributed by atoms with Crippen LogP contribution in [0.5, 0.6) is 5.75 Å². The van der Waals surface area contributed by atoms with Gasteiger partial charge in [0.15, 0.2) is 0 Å². The van der Waals surface area contributed by atoms with E-state index in [0.29, 0.717) is 11.6 Å². The van der Waals surface area contributed by atoms with Gasteiger partial charge < -0.3 is 4.74 Å². The molecule has 2 aromatic carbocycles. The van der Waals surface area contributed by atoms with Crippen LogP contribution in [0.3, 0.4) is 0 Å². The first kappa shape index (κ1) is 12.4. The standard InChI is InChI=1S/C13H9BrClFO/c14-11-3-1-2-4-13(11)17-8-9-5-6-10(16)7-12(9)15/h1-7H,8H2. The molecule has 0 spiro atoms. The lowest BCUT2D eigenvalue weighted by Gasteiger charge is -2.09. The van der Waals surface area contributed by atoms with Crippen LogP contribution in [0.4, 0.5) is 4.39 Å². The SMILES string of the molecule is Fc1ccc(COc2ccccc2Br)c(Cl)c1. The fourth-order valence-electron chi connectivity index (χ4n) is 1.36. The highest BCUT2D eigenvalue weighted by molar-refractivity contribution is 9.10. The molecule has 0 saturated carbocycles. The predicted molar refractivity (Wildman–Crippen MR) is 69.9 cm³/mol. The Hall–Kier alpha value is -1.06. The van der Waals surface area contributed by atoms with Crippen LogP contribution < -0.4 is 4.74 Å². The maximum Gasteiger partial charge on any atom is 0.133 e. The van der Waals surface area contributed by atoms with Gasteiger partial charge in [-0.05, 0) is 40.2 Å². The minimum absolute atomic E-state index is 0.307. The highest BCUT2D eigenvalue weighted by Crippen LogP contribution is 2.26. The lowest BCUT2D eigenvalue weighted by atomic mass is 10.2. The van der Waals surface area contributed by atoms with Gasteiger partial charge in [-0.3, -0.25) is 0 Å². The molecule has 2 rings (SSSR count). The molecule has 4 heteroatoms. The molecule has 2 aromatic rings. The molecule has 0 fully saturated rings. The summed E-state index contributed by atoms with van der Waals surface area (Å²) in [6.07, 6.45) is 0. The largest absolute Gasteiger partial charge is 0.488 e. The van der Waals surface area contributed by atoms with E-state index in [-0.39, 0.29) is 5.82 Å². The maximum atomic E-state index is 12.8. The molecule has 0 bridgehead atoms. The van der Waals surface area contributed by atoms with Crippen molar-refractivity contribution < 1.29 is 9.13 Å². The van der Waals surface area contributed by atoms with Crippen LogP contribution in [0.25, 0.3) is 0 Å². The molecule has 0 heterocycles. The summed E-state index contributed by atoms with van der Waals surface area (Å²) >= 11 is 9.29. The van der Waals surface area contributed by atoms with Crippen molar-refractivity contribution in [3.8, 4) is 5.75 Å². The van der Waals surface area contributed by atoms with Crippen molar-refractivity contribution in [3.05, 3.63) is 63.3 Å². The smallest absolute Gasteiger partial charge is 0.133 e. The fourth-order valence-corrected chi connectivity index (χ4v) is 1.98. The van der Waals surface area contributed by atoms with Crippen molar-refractivity contribution in [2.45, 2.75) is 6.61 Å². The molecular weight excluding hydrogens is 306 g/mol. The van der Waals surface area contributed by atoms with Crippen molar-refractivity contribution in [2.75, 3.05) is 0 Å². The molecule has 0 radical (unpaired) electrons. The molecule has 17 heavy (non-hydrogen) atoms. The molecular formula is C13H9BrClFO. The highest BCUT2D eigenvalue weighted by atomic mass is 79.9. The van der Waals surface area contributed by atoms with Crippen molar-refractivity contribution in [1.82, 2.24) is 0 Å². The van der Waals surface area contributed by atoms with Crippen LogP contribution in [0.2, 0.25) is 5.02 Å². The van der Waals surface area contributed by atoms with Gasteiger partial charge in [0.25, 0.3) is 0 Å². The van der Waals surface area contributed by atoms with Gasteiger partial charge in [-0.1, -0.05) is 29.8 Å². The third-order valence-electron chi connectivity index (χ3n) is 2.23. The van der Waals surface area contributed by atoms with Crippen LogP contribution >= 0.6 is 27.5 Å². The van der Waals surface area contributed by atoms with Gasteiger partial charge in [0, 0.05) is 5.56 Å². The Bertz CT molecular complexity index is 531. The summed E-state index contributed by atoms with van der Waals surface area (Å²) in [5.74, 6) is 0.382. The van der Waals surface area contributed by atoms with E-state index < -0.39 is 0 Å². The normalized spacial score (nSPS) is 10.3. The Kier molecular flexibility index (Phi) is 4.02. The Labute approximate surface area is 112 Å². The number of benzene rings is 2. The minimum Gasteiger partial charge on any atom is -0.488 e. The van der Waals surface area contributed by atoms with Gasteiger partial charge in [0.2, 0.25) is 0 Å². The number of ether oxygens (including phenoxy) is 1. The number of rotatable bonds is 3. The van der Waals surface area contributed by atoms with E-state index >= 15 is 0 Å². The lowest BCUT2D eigenvalue weighted by Crippen LogP contribution is -1.97. The molecule has 0 N–H and O–H groups in total. The molecule has 0 atom stereocenters. The topological polar surface area (TPSA) is 9.23 Å². The zero-order valence-corrected chi connectivity index (χ0v) is 11.1. The van der Waals surface area contributed by atoms with Crippen LogP contribution in [0.15, 0.2) is 46.9 Å². The Morgan fingerprint density at radius 2 is 1.94 bits per heavy atom. The fraction of sp³-hybridized carbons (Fsp3) is 0.0769. The molecule has 88 valence electrons. The summed E-state index contributed by atoms with van der Waals surface area (Å²) in [6.45, 7) is 0.307. The Morgan fingerprint density at radius 3 is 2.65 bits per heavy atom. The van der Waals surface area contributed by atoms with E-state index in [1.54, 1.807) is 6.07 Å².